The first-order valence-electron chi connectivity index (χ1n) is 6.16. The van der Waals surface area contributed by atoms with Crippen LogP contribution in [0, 0.1) is 11.8 Å². The van der Waals surface area contributed by atoms with Gasteiger partial charge in [-0.3, -0.25) is 4.79 Å². The highest BCUT2D eigenvalue weighted by molar-refractivity contribution is 5.72. The van der Waals surface area contributed by atoms with Gasteiger partial charge in [-0.15, -0.1) is 0 Å². The summed E-state index contributed by atoms with van der Waals surface area (Å²) in [5.74, 6) is -0.939. The van der Waals surface area contributed by atoms with Crippen molar-refractivity contribution >= 4 is 12.1 Å². The Morgan fingerprint density at radius 3 is 2.56 bits per heavy atom. The molecule has 0 heterocycles. The zero-order chi connectivity index (χ0) is 13.8. The molecule has 0 saturated carbocycles. The van der Waals surface area contributed by atoms with E-state index < -0.39 is 17.7 Å². The van der Waals surface area contributed by atoms with E-state index in [1.165, 1.54) is 0 Å². The zero-order valence-corrected chi connectivity index (χ0v) is 11.1. The van der Waals surface area contributed by atoms with E-state index in [9.17, 15) is 9.59 Å². The van der Waals surface area contributed by atoms with E-state index in [1.54, 1.807) is 6.08 Å². The molecule has 2 N–H and O–H groups in total. The van der Waals surface area contributed by atoms with Crippen LogP contribution in [0.5, 0.6) is 0 Å². The second kappa shape index (κ2) is 5.89. The van der Waals surface area contributed by atoms with Gasteiger partial charge in [-0.25, -0.2) is 4.79 Å². The van der Waals surface area contributed by atoms with Crippen LogP contribution in [-0.4, -0.2) is 29.3 Å². The number of nitrogens with one attached hydrogen (secondary N) is 1. The predicted octanol–water partition coefficient (Wildman–Crippen LogP) is 2.18. The van der Waals surface area contributed by atoms with Crippen LogP contribution in [0.4, 0.5) is 4.79 Å². The molecule has 0 aromatic heterocycles. The minimum atomic E-state index is -0.783. The smallest absolute Gasteiger partial charge is 0.407 e. The summed E-state index contributed by atoms with van der Waals surface area (Å²) in [5, 5.41) is 11.5. The fraction of sp³-hybridized carbons (Fsp3) is 0.692. The molecule has 1 amide bonds. The van der Waals surface area contributed by atoms with E-state index in [-0.39, 0.29) is 11.8 Å². The second-order valence-corrected chi connectivity index (χ2v) is 5.54. The Hall–Kier alpha value is -1.52. The molecule has 2 atom stereocenters. The molecular weight excluding hydrogens is 234 g/mol. The van der Waals surface area contributed by atoms with Crippen molar-refractivity contribution in [1.82, 2.24) is 5.32 Å². The Bertz CT molecular complexity index is 343. The van der Waals surface area contributed by atoms with Crippen LogP contribution in [0.3, 0.4) is 0 Å². The number of carbonyl (C=O) groups excluding carboxylic acids is 1. The van der Waals surface area contributed by atoms with Gasteiger partial charge in [0.25, 0.3) is 0 Å². The Balaban J connectivity index is 2.18. The number of amides is 1. The van der Waals surface area contributed by atoms with Crippen molar-refractivity contribution in [3.05, 3.63) is 12.2 Å². The first kappa shape index (κ1) is 14.5. The predicted molar refractivity (Wildman–Crippen MR) is 67.2 cm³/mol. The summed E-state index contributed by atoms with van der Waals surface area (Å²) in [5.41, 5.74) is -0.494. The quantitative estimate of drug-likeness (QED) is 0.755. The monoisotopic (exact) mass is 255 g/mol. The van der Waals surface area contributed by atoms with Gasteiger partial charge in [0.2, 0.25) is 0 Å². The molecular formula is C13H21NO4. The summed E-state index contributed by atoms with van der Waals surface area (Å²) >= 11 is 0. The molecule has 5 heteroatoms. The molecule has 0 unspecified atom stereocenters. The van der Waals surface area contributed by atoms with Gasteiger partial charge in [0.15, 0.2) is 0 Å². The number of rotatable bonds is 4. The molecule has 0 radical (unpaired) electrons. The average molecular weight is 255 g/mol. The molecule has 1 aliphatic carbocycles. The fourth-order valence-electron chi connectivity index (χ4n) is 1.85. The third-order valence-corrected chi connectivity index (χ3v) is 2.67. The topological polar surface area (TPSA) is 75.6 Å². The average Bonchev–Trinajstić information content (AvgIpc) is 2.63. The van der Waals surface area contributed by atoms with Gasteiger partial charge in [0, 0.05) is 6.54 Å². The molecule has 0 aliphatic heterocycles. The number of hydrogen-bond donors (Lipinski definition) is 2. The van der Waals surface area contributed by atoms with E-state index in [1.807, 2.05) is 26.8 Å². The fourth-order valence-corrected chi connectivity index (χ4v) is 1.85. The van der Waals surface area contributed by atoms with E-state index in [0.29, 0.717) is 13.0 Å². The van der Waals surface area contributed by atoms with Crippen molar-refractivity contribution in [1.29, 1.82) is 0 Å². The Kier molecular flexibility index (Phi) is 4.76. The molecule has 0 aromatic carbocycles. The summed E-state index contributed by atoms with van der Waals surface area (Å²) in [7, 11) is 0. The van der Waals surface area contributed by atoms with Crippen molar-refractivity contribution in [3.63, 3.8) is 0 Å². The van der Waals surface area contributed by atoms with Crippen molar-refractivity contribution < 1.29 is 19.4 Å². The Morgan fingerprint density at radius 1 is 1.39 bits per heavy atom. The highest BCUT2D eigenvalue weighted by Crippen LogP contribution is 2.25. The molecule has 1 rings (SSSR count). The van der Waals surface area contributed by atoms with Crippen LogP contribution in [-0.2, 0) is 9.53 Å². The van der Waals surface area contributed by atoms with Crippen molar-refractivity contribution in [2.24, 2.45) is 11.8 Å². The Labute approximate surface area is 107 Å². The van der Waals surface area contributed by atoms with Gasteiger partial charge < -0.3 is 15.2 Å². The largest absolute Gasteiger partial charge is 0.481 e. The third kappa shape index (κ3) is 5.21. The normalized spacial score (nSPS) is 22.8. The molecule has 1 aliphatic rings. The maximum absolute atomic E-state index is 11.4. The van der Waals surface area contributed by atoms with E-state index in [0.717, 1.165) is 6.42 Å². The SMILES string of the molecule is CC(C)(C)OC(=O)NCC[C@H]1C=C[C@H](C(=O)O)C1. The lowest BCUT2D eigenvalue weighted by Crippen LogP contribution is -2.33. The molecule has 5 nitrogen and oxygen atoms in total. The second-order valence-electron chi connectivity index (χ2n) is 5.54. The first-order valence-corrected chi connectivity index (χ1v) is 6.16. The summed E-state index contributed by atoms with van der Waals surface area (Å²) in [4.78, 5) is 22.1. The van der Waals surface area contributed by atoms with Gasteiger partial charge in [-0.05, 0) is 39.5 Å². The maximum Gasteiger partial charge on any atom is 0.407 e. The van der Waals surface area contributed by atoms with Crippen LogP contribution in [0.15, 0.2) is 12.2 Å². The Morgan fingerprint density at radius 2 is 2.06 bits per heavy atom. The van der Waals surface area contributed by atoms with Gasteiger partial charge in [0.1, 0.15) is 5.60 Å². The van der Waals surface area contributed by atoms with E-state index >= 15 is 0 Å². The molecule has 18 heavy (non-hydrogen) atoms. The minimum absolute atomic E-state index is 0.223. The molecule has 102 valence electrons. The minimum Gasteiger partial charge on any atom is -0.481 e. The number of carbonyl (C=O) groups is 2. The number of allylic oxidation sites excluding steroid dienone is 1. The lowest BCUT2D eigenvalue weighted by Gasteiger charge is -2.20. The number of hydrogen-bond acceptors (Lipinski definition) is 3. The zero-order valence-electron chi connectivity index (χ0n) is 11.1. The van der Waals surface area contributed by atoms with Crippen LogP contribution in [0.1, 0.15) is 33.6 Å². The van der Waals surface area contributed by atoms with Crippen LogP contribution in [0.25, 0.3) is 0 Å². The summed E-state index contributed by atoms with van der Waals surface area (Å²) in [6.45, 7) is 5.92. The first-order chi connectivity index (χ1) is 8.28. The molecule has 0 aromatic rings. The van der Waals surface area contributed by atoms with Gasteiger partial charge in [0.05, 0.1) is 5.92 Å². The maximum atomic E-state index is 11.4. The number of aliphatic carboxylic acids is 1. The number of carboxylic acids is 1. The summed E-state index contributed by atoms with van der Waals surface area (Å²) < 4.78 is 5.10. The lowest BCUT2D eigenvalue weighted by atomic mass is 10.0. The molecule has 0 spiro atoms. The number of carboxylic acid groups (broad SMARTS) is 1. The summed E-state index contributed by atoms with van der Waals surface area (Å²) in [6.07, 6.45) is 4.56. The van der Waals surface area contributed by atoms with Crippen molar-refractivity contribution in [2.45, 2.75) is 39.2 Å². The third-order valence-electron chi connectivity index (χ3n) is 2.67. The lowest BCUT2D eigenvalue weighted by molar-refractivity contribution is -0.140. The van der Waals surface area contributed by atoms with E-state index in [2.05, 4.69) is 5.32 Å². The number of ether oxygens (including phenoxy) is 1. The van der Waals surface area contributed by atoms with Crippen LogP contribution >= 0.6 is 0 Å². The standard InChI is InChI=1S/C13H21NO4/c1-13(2,3)18-12(17)14-7-6-9-4-5-10(8-9)11(15)16/h4-5,9-10H,6-8H2,1-3H3,(H,14,17)(H,15,16)/t9-,10+/m1/s1. The van der Waals surface area contributed by atoms with Crippen LogP contribution in [0.2, 0.25) is 0 Å². The van der Waals surface area contributed by atoms with Gasteiger partial charge >= 0.3 is 12.1 Å². The van der Waals surface area contributed by atoms with Crippen molar-refractivity contribution in [2.75, 3.05) is 6.54 Å². The van der Waals surface area contributed by atoms with Crippen LogP contribution < -0.4 is 5.32 Å². The molecule has 0 bridgehead atoms. The van der Waals surface area contributed by atoms with Gasteiger partial charge in [-0.2, -0.15) is 0 Å². The highest BCUT2D eigenvalue weighted by atomic mass is 16.6. The molecule has 0 saturated heterocycles. The summed E-state index contributed by atoms with van der Waals surface area (Å²) in [6, 6.07) is 0. The number of alkyl carbamates (subject to hydrolysis) is 1. The van der Waals surface area contributed by atoms with Gasteiger partial charge in [-0.1, -0.05) is 12.2 Å². The van der Waals surface area contributed by atoms with E-state index in [4.69, 9.17) is 9.84 Å². The van der Waals surface area contributed by atoms with Crippen molar-refractivity contribution in [3.8, 4) is 0 Å². The highest BCUT2D eigenvalue weighted by Gasteiger charge is 2.24. The molecule has 0 fully saturated rings.